The SMILES string of the molecule is COCCCOCCn1c(C)ncc(I)c1=O. The quantitative estimate of drug-likeness (QED) is 0.547. The van der Waals surface area contributed by atoms with Gasteiger partial charge in [-0.3, -0.25) is 9.36 Å². The molecule has 0 unspecified atom stereocenters. The molecule has 0 aliphatic rings. The van der Waals surface area contributed by atoms with Gasteiger partial charge in [0.2, 0.25) is 0 Å². The lowest BCUT2D eigenvalue weighted by molar-refractivity contribution is 0.0967. The highest BCUT2D eigenvalue weighted by atomic mass is 127. The van der Waals surface area contributed by atoms with Gasteiger partial charge in [-0.1, -0.05) is 0 Å². The molecule has 1 aromatic rings. The largest absolute Gasteiger partial charge is 0.385 e. The summed E-state index contributed by atoms with van der Waals surface area (Å²) in [5.41, 5.74) is -0.00130. The zero-order valence-electron chi connectivity index (χ0n) is 10.1. The van der Waals surface area contributed by atoms with Crippen molar-refractivity contribution < 1.29 is 9.47 Å². The molecule has 96 valence electrons. The number of hydrogen-bond acceptors (Lipinski definition) is 4. The van der Waals surface area contributed by atoms with Crippen LogP contribution in [-0.2, 0) is 16.0 Å². The van der Waals surface area contributed by atoms with Crippen molar-refractivity contribution in [3.63, 3.8) is 0 Å². The monoisotopic (exact) mass is 352 g/mol. The third kappa shape index (κ3) is 4.72. The fourth-order valence-electron chi connectivity index (χ4n) is 1.38. The molecule has 17 heavy (non-hydrogen) atoms. The van der Waals surface area contributed by atoms with Crippen LogP contribution in [0.25, 0.3) is 0 Å². The van der Waals surface area contributed by atoms with E-state index in [1.165, 1.54) is 0 Å². The summed E-state index contributed by atoms with van der Waals surface area (Å²) in [4.78, 5) is 15.9. The van der Waals surface area contributed by atoms with Crippen LogP contribution in [-0.4, -0.2) is 36.5 Å². The molecule has 0 radical (unpaired) electrons. The summed E-state index contributed by atoms with van der Waals surface area (Å²) < 4.78 is 12.6. The predicted octanol–water partition coefficient (Wildman–Crippen LogP) is 1.21. The van der Waals surface area contributed by atoms with Gasteiger partial charge in [-0.15, -0.1) is 0 Å². The van der Waals surface area contributed by atoms with Crippen molar-refractivity contribution >= 4 is 22.6 Å². The zero-order chi connectivity index (χ0) is 12.7. The Labute approximate surface area is 114 Å². The van der Waals surface area contributed by atoms with Gasteiger partial charge in [0, 0.05) is 26.5 Å². The molecule has 0 saturated heterocycles. The summed E-state index contributed by atoms with van der Waals surface area (Å²) in [6.07, 6.45) is 2.46. The molecule has 0 aromatic carbocycles. The first-order chi connectivity index (χ1) is 8.16. The fourth-order valence-corrected chi connectivity index (χ4v) is 1.81. The normalized spacial score (nSPS) is 10.8. The average molecular weight is 352 g/mol. The summed E-state index contributed by atoms with van der Waals surface area (Å²) >= 11 is 1.99. The number of rotatable bonds is 7. The maximum atomic E-state index is 11.8. The van der Waals surface area contributed by atoms with Gasteiger partial charge < -0.3 is 9.47 Å². The molecule has 6 heteroatoms. The van der Waals surface area contributed by atoms with E-state index in [2.05, 4.69) is 4.98 Å². The molecule has 1 aromatic heterocycles. The summed E-state index contributed by atoms with van der Waals surface area (Å²) in [7, 11) is 1.67. The van der Waals surface area contributed by atoms with Crippen LogP contribution in [0.1, 0.15) is 12.2 Å². The van der Waals surface area contributed by atoms with E-state index in [1.54, 1.807) is 17.9 Å². The first-order valence-corrected chi connectivity index (χ1v) is 6.53. The van der Waals surface area contributed by atoms with Crippen molar-refractivity contribution in [1.82, 2.24) is 9.55 Å². The molecule has 0 aliphatic carbocycles. The Morgan fingerprint density at radius 1 is 1.41 bits per heavy atom. The molecule has 1 heterocycles. The Bertz CT molecular complexity index is 406. The minimum atomic E-state index is -0.00130. The van der Waals surface area contributed by atoms with E-state index in [1.807, 2.05) is 29.5 Å². The Kier molecular flexibility index (Phi) is 6.68. The summed E-state index contributed by atoms with van der Waals surface area (Å²) in [5.74, 6) is 0.718. The van der Waals surface area contributed by atoms with E-state index in [4.69, 9.17) is 9.47 Å². The van der Waals surface area contributed by atoms with Crippen LogP contribution in [0.4, 0.5) is 0 Å². The number of aryl methyl sites for hydroxylation is 1. The number of aromatic nitrogens is 2. The molecule has 0 bridgehead atoms. The molecular weight excluding hydrogens is 335 g/mol. The molecule has 0 aliphatic heterocycles. The lowest BCUT2D eigenvalue weighted by Crippen LogP contribution is -2.27. The first-order valence-electron chi connectivity index (χ1n) is 5.45. The molecule has 1 rings (SSSR count). The van der Waals surface area contributed by atoms with Gasteiger partial charge in [-0.25, -0.2) is 4.98 Å². The fraction of sp³-hybridized carbons (Fsp3) is 0.636. The Morgan fingerprint density at radius 3 is 2.88 bits per heavy atom. The zero-order valence-corrected chi connectivity index (χ0v) is 12.3. The molecule has 0 amide bonds. The molecule has 5 nitrogen and oxygen atoms in total. The van der Waals surface area contributed by atoms with Crippen molar-refractivity contribution in [2.24, 2.45) is 0 Å². The van der Waals surface area contributed by atoms with Gasteiger partial charge in [0.05, 0.1) is 16.7 Å². The lowest BCUT2D eigenvalue weighted by Gasteiger charge is -2.09. The smallest absolute Gasteiger partial charge is 0.267 e. The number of methoxy groups -OCH3 is 1. The number of halogens is 1. The van der Waals surface area contributed by atoms with Crippen LogP contribution in [0.3, 0.4) is 0 Å². The van der Waals surface area contributed by atoms with Crippen molar-refractivity contribution in [2.45, 2.75) is 19.9 Å². The van der Waals surface area contributed by atoms with E-state index in [0.717, 1.165) is 12.2 Å². The molecule has 0 atom stereocenters. The average Bonchev–Trinajstić information content (AvgIpc) is 2.32. The molecule has 0 N–H and O–H groups in total. The highest BCUT2D eigenvalue weighted by Crippen LogP contribution is 1.97. The van der Waals surface area contributed by atoms with E-state index in [9.17, 15) is 4.79 Å². The van der Waals surface area contributed by atoms with Crippen molar-refractivity contribution in [3.05, 3.63) is 25.9 Å². The highest BCUT2D eigenvalue weighted by molar-refractivity contribution is 14.1. The second kappa shape index (κ2) is 7.78. The standard InChI is InChI=1S/C11H17IN2O3/c1-9-13-8-10(12)11(15)14(9)4-7-17-6-3-5-16-2/h8H,3-7H2,1-2H3. The van der Waals surface area contributed by atoms with E-state index in [0.29, 0.717) is 29.9 Å². The number of hydrogen-bond donors (Lipinski definition) is 0. The predicted molar refractivity (Wildman–Crippen MR) is 73.3 cm³/mol. The molecule has 0 saturated carbocycles. The third-order valence-electron chi connectivity index (χ3n) is 2.30. The van der Waals surface area contributed by atoms with Crippen LogP contribution in [0.15, 0.2) is 11.0 Å². The Morgan fingerprint density at radius 2 is 2.18 bits per heavy atom. The van der Waals surface area contributed by atoms with Gasteiger partial charge in [0.25, 0.3) is 5.56 Å². The Balaban J connectivity index is 2.42. The van der Waals surface area contributed by atoms with Gasteiger partial charge in [-0.2, -0.15) is 0 Å². The third-order valence-corrected chi connectivity index (χ3v) is 3.04. The Hall–Kier alpha value is -0.470. The summed E-state index contributed by atoms with van der Waals surface area (Å²) in [5, 5.41) is 0. The molecule has 0 fully saturated rings. The van der Waals surface area contributed by atoms with Crippen LogP contribution in [0.2, 0.25) is 0 Å². The minimum Gasteiger partial charge on any atom is -0.385 e. The molecular formula is C11H17IN2O3. The maximum Gasteiger partial charge on any atom is 0.267 e. The highest BCUT2D eigenvalue weighted by Gasteiger charge is 2.04. The maximum absolute atomic E-state index is 11.8. The van der Waals surface area contributed by atoms with E-state index >= 15 is 0 Å². The van der Waals surface area contributed by atoms with Gasteiger partial charge >= 0.3 is 0 Å². The van der Waals surface area contributed by atoms with Gasteiger partial charge in [0.15, 0.2) is 0 Å². The van der Waals surface area contributed by atoms with E-state index in [-0.39, 0.29) is 5.56 Å². The topological polar surface area (TPSA) is 53.4 Å². The van der Waals surface area contributed by atoms with Crippen LogP contribution in [0.5, 0.6) is 0 Å². The molecule has 0 spiro atoms. The van der Waals surface area contributed by atoms with Gasteiger partial charge in [0.1, 0.15) is 5.82 Å². The lowest BCUT2D eigenvalue weighted by atomic mass is 10.5. The van der Waals surface area contributed by atoms with Crippen LogP contribution >= 0.6 is 22.6 Å². The van der Waals surface area contributed by atoms with Crippen molar-refractivity contribution in [2.75, 3.05) is 26.9 Å². The second-order valence-electron chi connectivity index (χ2n) is 3.57. The second-order valence-corrected chi connectivity index (χ2v) is 4.73. The summed E-state index contributed by atoms with van der Waals surface area (Å²) in [6.45, 7) is 4.24. The number of nitrogens with zero attached hydrogens (tertiary/aromatic N) is 2. The van der Waals surface area contributed by atoms with Crippen LogP contribution in [0, 0.1) is 10.5 Å². The van der Waals surface area contributed by atoms with Crippen molar-refractivity contribution in [3.8, 4) is 0 Å². The minimum absolute atomic E-state index is 0.00130. The first kappa shape index (κ1) is 14.6. The number of ether oxygens (including phenoxy) is 2. The van der Waals surface area contributed by atoms with E-state index < -0.39 is 0 Å². The van der Waals surface area contributed by atoms with Gasteiger partial charge in [-0.05, 0) is 35.9 Å². The van der Waals surface area contributed by atoms with Crippen LogP contribution < -0.4 is 5.56 Å². The van der Waals surface area contributed by atoms with Crippen molar-refractivity contribution in [1.29, 1.82) is 0 Å². The summed E-state index contributed by atoms with van der Waals surface area (Å²) in [6, 6.07) is 0.